The molecule has 7 nitrogen and oxygen atoms in total. The van der Waals surface area contributed by atoms with Crippen molar-refractivity contribution in [1.82, 2.24) is 9.55 Å². The SMILES string of the molecule is CC(C)(C)OC(=O)CC1CCN(c2cc3c(Br)cn(C(=O)OC(C)(C)C)c3cn2)CC1. The normalized spacial score (nSPS) is 15.9. The van der Waals surface area contributed by atoms with E-state index in [1.807, 2.05) is 47.6 Å². The molecular formula is C23H32BrN3O4. The van der Waals surface area contributed by atoms with E-state index in [2.05, 4.69) is 25.8 Å². The molecule has 0 bridgehead atoms. The summed E-state index contributed by atoms with van der Waals surface area (Å²) in [4.78, 5) is 31.5. The van der Waals surface area contributed by atoms with Gasteiger partial charge >= 0.3 is 12.1 Å². The zero-order valence-corrected chi connectivity index (χ0v) is 20.8. The smallest absolute Gasteiger partial charge is 0.419 e. The first-order chi connectivity index (χ1) is 14.3. The number of rotatable bonds is 3. The first-order valence-corrected chi connectivity index (χ1v) is 11.5. The summed E-state index contributed by atoms with van der Waals surface area (Å²) in [7, 11) is 0. The fraction of sp³-hybridized carbons (Fsp3) is 0.609. The summed E-state index contributed by atoms with van der Waals surface area (Å²) in [6, 6.07) is 1.99. The number of carbonyl (C=O) groups excluding carboxylic acids is 2. The molecule has 31 heavy (non-hydrogen) atoms. The van der Waals surface area contributed by atoms with Crippen molar-refractivity contribution in [3.8, 4) is 0 Å². The lowest BCUT2D eigenvalue weighted by atomic mass is 9.93. The monoisotopic (exact) mass is 493 g/mol. The van der Waals surface area contributed by atoms with E-state index in [0.29, 0.717) is 17.9 Å². The van der Waals surface area contributed by atoms with E-state index >= 15 is 0 Å². The predicted molar refractivity (Wildman–Crippen MR) is 124 cm³/mol. The van der Waals surface area contributed by atoms with Crippen molar-refractivity contribution in [1.29, 1.82) is 0 Å². The van der Waals surface area contributed by atoms with Gasteiger partial charge in [-0.1, -0.05) is 0 Å². The van der Waals surface area contributed by atoms with Gasteiger partial charge in [0.1, 0.15) is 17.0 Å². The second-order valence-corrected chi connectivity index (χ2v) is 11.0. The van der Waals surface area contributed by atoms with Gasteiger partial charge in [-0.05, 0) is 82.3 Å². The molecule has 0 aliphatic carbocycles. The number of hydrogen-bond acceptors (Lipinski definition) is 6. The van der Waals surface area contributed by atoms with Gasteiger partial charge in [0, 0.05) is 35.6 Å². The summed E-state index contributed by atoms with van der Waals surface area (Å²) < 4.78 is 13.2. The fourth-order valence-corrected chi connectivity index (χ4v) is 4.22. The highest BCUT2D eigenvalue weighted by Crippen LogP contribution is 2.31. The molecule has 0 atom stereocenters. The molecule has 1 aliphatic heterocycles. The number of hydrogen-bond donors (Lipinski definition) is 0. The third-order valence-electron chi connectivity index (χ3n) is 5.03. The van der Waals surface area contributed by atoms with Crippen LogP contribution in [0.4, 0.5) is 10.6 Å². The van der Waals surface area contributed by atoms with Crippen LogP contribution in [0.25, 0.3) is 10.9 Å². The molecule has 8 heteroatoms. The quantitative estimate of drug-likeness (QED) is 0.523. The Morgan fingerprint density at radius 1 is 1.10 bits per heavy atom. The third kappa shape index (κ3) is 6.21. The standard InChI is InChI=1S/C23H32BrN3O4/c1-22(2,3)30-20(28)11-15-7-9-26(10-8-15)19-12-16-17(24)14-27(18(16)13-25-19)21(29)31-23(4,5)6/h12-15H,7-11H2,1-6H3. The van der Waals surface area contributed by atoms with E-state index in [9.17, 15) is 9.59 Å². The number of fused-ring (bicyclic) bond motifs is 1. The molecule has 0 amide bonds. The van der Waals surface area contributed by atoms with Gasteiger partial charge in [-0.15, -0.1) is 0 Å². The molecule has 1 aliphatic rings. The van der Waals surface area contributed by atoms with Crippen LogP contribution in [0.3, 0.4) is 0 Å². The Balaban J connectivity index is 1.67. The fourth-order valence-electron chi connectivity index (χ4n) is 3.69. The molecule has 3 heterocycles. The van der Waals surface area contributed by atoms with Crippen LogP contribution in [-0.2, 0) is 14.3 Å². The number of aromatic nitrogens is 2. The van der Waals surface area contributed by atoms with Crippen molar-refractivity contribution in [2.24, 2.45) is 5.92 Å². The predicted octanol–water partition coefficient (Wildman–Crippen LogP) is 5.53. The number of anilines is 1. The molecule has 1 fully saturated rings. The number of nitrogens with zero attached hydrogens (tertiary/aromatic N) is 3. The van der Waals surface area contributed by atoms with Gasteiger partial charge in [-0.25, -0.2) is 14.3 Å². The van der Waals surface area contributed by atoms with E-state index in [4.69, 9.17) is 9.47 Å². The highest BCUT2D eigenvalue weighted by Gasteiger charge is 2.26. The van der Waals surface area contributed by atoms with Crippen LogP contribution in [-0.4, -0.2) is 45.9 Å². The molecule has 0 saturated carbocycles. The number of esters is 1. The molecule has 2 aromatic rings. The molecule has 0 radical (unpaired) electrons. The van der Waals surface area contributed by atoms with E-state index in [-0.39, 0.29) is 5.97 Å². The molecule has 0 N–H and O–H groups in total. The van der Waals surface area contributed by atoms with Gasteiger partial charge < -0.3 is 14.4 Å². The van der Waals surface area contributed by atoms with Gasteiger partial charge in [-0.2, -0.15) is 0 Å². The first kappa shape index (κ1) is 23.6. The molecule has 170 valence electrons. The van der Waals surface area contributed by atoms with Crippen molar-refractivity contribution in [3.05, 3.63) is 22.9 Å². The van der Waals surface area contributed by atoms with Crippen molar-refractivity contribution in [2.45, 2.75) is 72.0 Å². The number of carbonyl (C=O) groups is 2. The highest BCUT2D eigenvalue weighted by atomic mass is 79.9. The summed E-state index contributed by atoms with van der Waals surface area (Å²) in [6.07, 6.45) is 5.30. The van der Waals surface area contributed by atoms with Crippen molar-refractivity contribution in [3.63, 3.8) is 0 Å². The van der Waals surface area contributed by atoms with E-state index in [0.717, 1.165) is 41.6 Å². The van der Waals surface area contributed by atoms with E-state index in [1.54, 1.807) is 12.4 Å². The number of pyridine rings is 1. The van der Waals surface area contributed by atoms with Crippen LogP contribution in [0.1, 0.15) is 60.8 Å². The second kappa shape index (κ2) is 8.81. The van der Waals surface area contributed by atoms with Crippen LogP contribution in [0.15, 0.2) is 22.9 Å². The first-order valence-electron chi connectivity index (χ1n) is 10.7. The highest BCUT2D eigenvalue weighted by molar-refractivity contribution is 9.10. The van der Waals surface area contributed by atoms with Crippen molar-refractivity contribution >= 4 is 44.7 Å². The lowest BCUT2D eigenvalue weighted by Crippen LogP contribution is -2.35. The Hall–Kier alpha value is -2.09. The Kier molecular flexibility index (Phi) is 6.69. The Morgan fingerprint density at radius 2 is 1.71 bits per heavy atom. The number of ether oxygens (including phenoxy) is 2. The van der Waals surface area contributed by atoms with Crippen LogP contribution < -0.4 is 4.90 Å². The summed E-state index contributed by atoms with van der Waals surface area (Å²) in [6.45, 7) is 12.9. The van der Waals surface area contributed by atoms with Crippen LogP contribution in [0.2, 0.25) is 0 Å². The molecule has 0 aromatic carbocycles. The zero-order valence-electron chi connectivity index (χ0n) is 19.2. The Morgan fingerprint density at radius 3 is 2.29 bits per heavy atom. The maximum absolute atomic E-state index is 12.5. The van der Waals surface area contributed by atoms with Crippen LogP contribution in [0.5, 0.6) is 0 Å². The van der Waals surface area contributed by atoms with Gasteiger partial charge in [0.25, 0.3) is 0 Å². The maximum Gasteiger partial charge on any atom is 0.419 e. The average molecular weight is 494 g/mol. The van der Waals surface area contributed by atoms with Gasteiger partial charge in [0.2, 0.25) is 0 Å². The van der Waals surface area contributed by atoms with E-state index in [1.165, 1.54) is 4.57 Å². The second-order valence-electron chi connectivity index (χ2n) is 10.1. The third-order valence-corrected chi connectivity index (χ3v) is 5.66. The Labute approximate surface area is 192 Å². The average Bonchev–Trinajstić information content (AvgIpc) is 2.96. The minimum atomic E-state index is -0.572. The lowest BCUT2D eigenvalue weighted by Gasteiger charge is -2.33. The molecule has 2 aromatic heterocycles. The van der Waals surface area contributed by atoms with Gasteiger partial charge in [-0.3, -0.25) is 4.79 Å². The number of piperidine rings is 1. The topological polar surface area (TPSA) is 73.7 Å². The van der Waals surface area contributed by atoms with Gasteiger partial charge in [0.15, 0.2) is 0 Å². The Bertz CT molecular complexity index is 964. The number of halogens is 1. The summed E-state index contributed by atoms with van der Waals surface area (Å²) in [5.74, 6) is 1.07. The van der Waals surface area contributed by atoms with Crippen LogP contribution >= 0.6 is 15.9 Å². The zero-order chi connectivity index (χ0) is 23.0. The molecule has 1 saturated heterocycles. The van der Waals surface area contributed by atoms with Crippen molar-refractivity contribution < 1.29 is 19.1 Å². The molecule has 0 unspecified atom stereocenters. The van der Waals surface area contributed by atoms with Crippen LogP contribution in [0, 0.1) is 5.92 Å². The van der Waals surface area contributed by atoms with Gasteiger partial charge in [0.05, 0.1) is 11.7 Å². The molecule has 0 spiro atoms. The van der Waals surface area contributed by atoms with E-state index < -0.39 is 17.3 Å². The maximum atomic E-state index is 12.5. The minimum Gasteiger partial charge on any atom is -0.460 e. The summed E-state index contributed by atoms with van der Waals surface area (Å²) in [5.41, 5.74) is -0.318. The molecular weight excluding hydrogens is 462 g/mol. The molecule has 3 rings (SSSR count). The largest absolute Gasteiger partial charge is 0.460 e. The summed E-state index contributed by atoms with van der Waals surface area (Å²) in [5, 5.41) is 0.909. The van der Waals surface area contributed by atoms with Crippen molar-refractivity contribution in [2.75, 3.05) is 18.0 Å². The minimum absolute atomic E-state index is 0.127. The lowest BCUT2D eigenvalue weighted by molar-refractivity contribution is -0.156. The summed E-state index contributed by atoms with van der Waals surface area (Å²) >= 11 is 3.56.